The fourth-order valence-corrected chi connectivity index (χ4v) is 2.28. The first-order valence-corrected chi connectivity index (χ1v) is 7.20. The summed E-state index contributed by atoms with van der Waals surface area (Å²) in [5.41, 5.74) is 1.13. The van der Waals surface area contributed by atoms with Gasteiger partial charge < -0.3 is 14.8 Å². The lowest BCUT2D eigenvalue weighted by molar-refractivity contribution is 0.0472. The number of hydrogen-bond donors (Lipinski definition) is 1. The fraction of sp³-hybridized carbons (Fsp3) is 0.600. The number of nitrogens with one attached hydrogen (secondary N) is 1. The van der Waals surface area contributed by atoms with E-state index in [-0.39, 0.29) is 12.1 Å². The molecule has 0 aliphatic carbocycles. The van der Waals surface area contributed by atoms with Gasteiger partial charge in [0.15, 0.2) is 0 Å². The highest BCUT2D eigenvalue weighted by Gasteiger charge is 2.20. The monoisotopic (exact) mass is 285 g/mol. The van der Waals surface area contributed by atoms with E-state index < -0.39 is 0 Å². The zero-order valence-corrected chi connectivity index (χ0v) is 13.0. The normalized spacial score (nSPS) is 14.2. The van der Waals surface area contributed by atoms with E-state index in [2.05, 4.69) is 19.2 Å². The minimum atomic E-state index is 0.0995. The van der Waals surface area contributed by atoms with Gasteiger partial charge in [0, 0.05) is 6.61 Å². The Labute approximate surface area is 121 Å². The Morgan fingerprint density at radius 1 is 1.32 bits per heavy atom. The van der Waals surface area contributed by atoms with Gasteiger partial charge in [-0.3, -0.25) is 0 Å². The molecular weight excluding hydrogens is 262 g/mol. The molecule has 2 unspecified atom stereocenters. The van der Waals surface area contributed by atoms with E-state index in [1.807, 2.05) is 25.1 Å². The number of hydrogen-bond acceptors (Lipinski definition) is 3. The number of benzene rings is 1. The van der Waals surface area contributed by atoms with Crippen molar-refractivity contribution in [1.82, 2.24) is 5.32 Å². The highest BCUT2D eigenvalue weighted by Crippen LogP contribution is 2.29. The third kappa shape index (κ3) is 4.68. The molecule has 0 radical (unpaired) electrons. The molecule has 1 aromatic carbocycles. The van der Waals surface area contributed by atoms with Gasteiger partial charge in [0.05, 0.1) is 24.3 Å². The first-order chi connectivity index (χ1) is 9.13. The second-order valence-corrected chi connectivity index (χ2v) is 4.89. The molecule has 0 heterocycles. The Bertz CT molecular complexity index is 384. The standard InChI is InChI=1S/C15H24ClNO2/c1-5-9-17-15(11(3)19-6-2)12-7-8-13(16)14(10-12)18-4/h7-8,10-11,15,17H,5-6,9H2,1-4H3. The molecular formula is C15H24ClNO2. The van der Waals surface area contributed by atoms with Crippen molar-refractivity contribution in [2.45, 2.75) is 39.3 Å². The number of ether oxygens (including phenoxy) is 2. The van der Waals surface area contributed by atoms with E-state index in [1.165, 1.54) is 0 Å². The highest BCUT2D eigenvalue weighted by molar-refractivity contribution is 6.32. The highest BCUT2D eigenvalue weighted by atomic mass is 35.5. The van der Waals surface area contributed by atoms with Crippen LogP contribution in [0.1, 0.15) is 38.8 Å². The number of rotatable bonds is 8. The number of halogens is 1. The van der Waals surface area contributed by atoms with Crippen LogP contribution in [0.15, 0.2) is 18.2 Å². The molecule has 0 saturated heterocycles. The van der Waals surface area contributed by atoms with Gasteiger partial charge in [-0.2, -0.15) is 0 Å². The van der Waals surface area contributed by atoms with Gasteiger partial charge in [-0.1, -0.05) is 24.6 Å². The van der Waals surface area contributed by atoms with Gasteiger partial charge in [-0.25, -0.2) is 0 Å². The van der Waals surface area contributed by atoms with Gasteiger partial charge in [-0.05, 0) is 44.5 Å². The fourth-order valence-electron chi connectivity index (χ4n) is 2.08. The van der Waals surface area contributed by atoms with Gasteiger partial charge in [0.1, 0.15) is 5.75 Å². The summed E-state index contributed by atoms with van der Waals surface area (Å²) in [7, 11) is 1.63. The molecule has 0 fully saturated rings. The predicted octanol–water partition coefficient (Wildman–Crippen LogP) is 3.81. The quantitative estimate of drug-likeness (QED) is 0.788. The average molecular weight is 286 g/mol. The lowest BCUT2D eigenvalue weighted by atomic mass is 10.0. The van der Waals surface area contributed by atoms with Crippen LogP contribution in [0.2, 0.25) is 5.02 Å². The summed E-state index contributed by atoms with van der Waals surface area (Å²) >= 11 is 6.07. The first-order valence-electron chi connectivity index (χ1n) is 6.82. The SMILES string of the molecule is CCCNC(c1ccc(Cl)c(OC)c1)C(C)OCC. The maximum Gasteiger partial charge on any atom is 0.137 e. The van der Waals surface area contributed by atoms with Gasteiger partial charge in [-0.15, -0.1) is 0 Å². The molecule has 1 N–H and O–H groups in total. The summed E-state index contributed by atoms with van der Waals surface area (Å²) in [6.45, 7) is 7.90. The maximum absolute atomic E-state index is 6.07. The van der Waals surface area contributed by atoms with E-state index in [0.29, 0.717) is 17.4 Å². The van der Waals surface area contributed by atoms with E-state index in [1.54, 1.807) is 7.11 Å². The lowest BCUT2D eigenvalue weighted by Crippen LogP contribution is -2.32. The van der Waals surface area contributed by atoms with Crippen LogP contribution in [0.25, 0.3) is 0 Å². The van der Waals surface area contributed by atoms with Crippen LogP contribution in [0.4, 0.5) is 0 Å². The molecule has 1 aromatic rings. The van der Waals surface area contributed by atoms with Gasteiger partial charge in [0.2, 0.25) is 0 Å². The molecule has 19 heavy (non-hydrogen) atoms. The Morgan fingerprint density at radius 3 is 2.63 bits per heavy atom. The third-order valence-corrected chi connectivity index (χ3v) is 3.36. The van der Waals surface area contributed by atoms with Crippen LogP contribution in [-0.4, -0.2) is 26.4 Å². The molecule has 0 saturated carbocycles. The van der Waals surface area contributed by atoms with E-state index in [4.69, 9.17) is 21.1 Å². The van der Waals surface area contributed by atoms with Crippen molar-refractivity contribution in [3.8, 4) is 5.75 Å². The zero-order valence-electron chi connectivity index (χ0n) is 12.2. The van der Waals surface area contributed by atoms with Crippen molar-refractivity contribution in [1.29, 1.82) is 0 Å². The summed E-state index contributed by atoms with van der Waals surface area (Å²) in [5, 5.41) is 4.15. The van der Waals surface area contributed by atoms with E-state index >= 15 is 0 Å². The summed E-state index contributed by atoms with van der Waals surface area (Å²) < 4.78 is 11.0. The van der Waals surface area contributed by atoms with Crippen molar-refractivity contribution < 1.29 is 9.47 Å². The van der Waals surface area contributed by atoms with E-state index in [0.717, 1.165) is 18.5 Å². The minimum absolute atomic E-state index is 0.0995. The van der Waals surface area contributed by atoms with Crippen molar-refractivity contribution in [3.63, 3.8) is 0 Å². The molecule has 108 valence electrons. The van der Waals surface area contributed by atoms with Crippen LogP contribution in [0, 0.1) is 0 Å². The van der Waals surface area contributed by atoms with Crippen molar-refractivity contribution in [2.24, 2.45) is 0 Å². The van der Waals surface area contributed by atoms with Crippen LogP contribution in [0.3, 0.4) is 0 Å². The average Bonchev–Trinajstić information content (AvgIpc) is 2.41. The molecule has 0 spiro atoms. The molecule has 4 heteroatoms. The van der Waals surface area contributed by atoms with Crippen LogP contribution in [-0.2, 0) is 4.74 Å². The lowest BCUT2D eigenvalue weighted by Gasteiger charge is -2.26. The van der Waals surface area contributed by atoms with Crippen molar-refractivity contribution >= 4 is 11.6 Å². The summed E-state index contributed by atoms with van der Waals surface area (Å²) in [6.07, 6.45) is 1.18. The molecule has 0 amide bonds. The Hall–Kier alpha value is -0.770. The second-order valence-electron chi connectivity index (χ2n) is 4.49. The molecule has 0 aliphatic heterocycles. The van der Waals surface area contributed by atoms with Gasteiger partial charge in [0.25, 0.3) is 0 Å². The van der Waals surface area contributed by atoms with Crippen LogP contribution >= 0.6 is 11.6 Å². The Morgan fingerprint density at radius 2 is 2.05 bits per heavy atom. The van der Waals surface area contributed by atoms with Crippen molar-refractivity contribution in [2.75, 3.05) is 20.3 Å². The van der Waals surface area contributed by atoms with Crippen LogP contribution < -0.4 is 10.1 Å². The smallest absolute Gasteiger partial charge is 0.137 e. The zero-order chi connectivity index (χ0) is 14.3. The molecule has 0 aromatic heterocycles. The molecule has 3 nitrogen and oxygen atoms in total. The van der Waals surface area contributed by atoms with Crippen LogP contribution in [0.5, 0.6) is 5.75 Å². The molecule has 0 aliphatic rings. The minimum Gasteiger partial charge on any atom is -0.495 e. The van der Waals surface area contributed by atoms with Crippen molar-refractivity contribution in [3.05, 3.63) is 28.8 Å². The third-order valence-electron chi connectivity index (χ3n) is 3.05. The summed E-state index contributed by atoms with van der Waals surface area (Å²) in [4.78, 5) is 0. The topological polar surface area (TPSA) is 30.5 Å². The summed E-state index contributed by atoms with van der Waals surface area (Å²) in [6, 6.07) is 6.01. The number of methoxy groups -OCH3 is 1. The molecule has 2 atom stereocenters. The summed E-state index contributed by atoms with van der Waals surface area (Å²) in [5.74, 6) is 0.700. The Balaban J connectivity index is 2.95. The largest absolute Gasteiger partial charge is 0.495 e. The Kier molecular flexibility index (Phi) is 7.21. The maximum atomic E-state index is 6.07. The predicted molar refractivity (Wildman–Crippen MR) is 80.1 cm³/mol. The second kappa shape index (κ2) is 8.41. The first kappa shape index (κ1) is 16.3. The molecule has 1 rings (SSSR count). The molecule has 0 bridgehead atoms. The van der Waals surface area contributed by atoms with E-state index in [9.17, 15) is 0 Å². The van der Waals surface area contributed by atoms with Gasteiger partial charge >= 0.3 is 0 Å².